The molecule has 0 amide bonds. The van der Waals surface area contributed by atoms with E-state index in [4.69, 9.17) is 9.47 Å². The molecule has 0 unspecified atom stereocenters. The van der Waals surface area contributed by atoms with Gasteiger partial charge in [0.1, 0.15) is 5.60 Å². The summed E-state index contributed by atoms with van der Waals surface area (Å²) in [5, 5.41) is 0. The van der Waals surface area contributed by atoms with Crippen molar-refractivity contribution in [3.05, 3.63) is 0 Å². The fourth-order valence-electron chi connectivity index (χ4n) is 2.66. The summed E-state index contributed by atoms with van der Waals surface area (Å²) in [6.45, 7) is 5.67. The van der Waals surface area contributed by atoms with Gasteiger partial charge in [-0.1, -0.05) is 19.3 Å². The summed E-state index contributed by atoms with van der Waals surface area (Å²) in [5.41, 5.74) is -0.376. The molecule has 4 nitrogen and oxygen atoms in total. The highest BCUT2D eigenvalue weighted by Crippen LogP contribution is 2.34. The van der Waals surface area contributed by atoms with Crippen molar-refractivity contribution in [2.45, 2.75) is 71.3 Å². The molecule has 110 valence electrons. The summed E-state index contributed by atoms with van der Waals surface area (Å²) in [6.07, 6.45) is 6.89. The Labute approximate surface area is 115 Å². The SMILES string of the molecule is CC(=O)OCCCC(=O)OC(C)(C)C1CCCCC1. The van der Waals surface area contributed by atoms with Crippen molar-refractivity contribution in [3.8, 4) is 0 Å². The fraction of sp³-hybridized carbons (Fsp3) is 0.867. The largest absolute Gasteiger partial charge is 0.466 e. The van der Waals surface area contributed by atoms with Gasteiger partial charge >= 0.3 is 11.9 Å². The predicted octanol–water partition coefficient (Wildman–Crippen LogP) is 3.23. The maximum Gasteiger partial charge on any atom is 0.306 e. The number of hydrogen-bond acceptors (Lipinski definition) is 4. The van der Waals surface area contributed by atoms with Gasteiger partial charge in [-0.2, -0.15) is 0 Å². The Balaban J connectivity index is 2.27. The highest BCUT2D eigenvalue weighted by atomic mass is 16.6. The van der Waals surface area contributed by atoms with Gasteiger partial charge in [0.25, 0.3) is 0 Å². The highest BCUT2D eigenvalue weighted by Gasteiger charge is 2.33. The zero-order valence-corrected chi connectivity index (χ0v) is 12.4. The molecule has 0 aromatic heterocycles. The number of carbonyl (C=O) groups is 2. The van der Waals surface area contributed by atoms with E-state index in [-0.39, 0.29) is 24.1 Å². The lowest BCUT2D eigenvalue weighted by Gasteiger charge is -2.36. The van der Waals surface area contributed by atoms with E-state index in [0.29, 0.717) is 18.8 Å². The molecule has 19 heavy (non-hydrogen) atoms. The second-order valence-corrected chi connectivity index (χ2v) is 5.86. The number of carbonyl (C=O) groups excluding carboxylic acids is 2. The van der Waals surface area contributed by atoms with Gasteiger partial charge in [0.05, 0.1) is 6.61 Å². The van der Waals surface area contributed by atoms with E-state index in [1.165, 1.54) is 26.2 Å². The van der Waals surface area contributed by atoms with Crippen LogP contribution in [0.2, 0.25) is 0 Å². The van der Waals surface area contributed by atoms with E-state index in [1.807, 2.05) is 13.8 Å². The third-order valence-corrected chi connectivity index (χ3v) is 3.80. The second-order valence-electron chi connectivity index (χ2n) is 5.86. The molecular formula is C15H26O4. The van der Waals surface area contributed by atoms with Crippen LogP contribution < -0.4 is 0 Å². The van der Waals surface area contributed by atoms with Crippen molar-refractivity contribution in [2.24, 2.45) is 5.92 Å². The molecule has 0 spiro atoms. The normalized spacial score (nSPS) is 17.0. The van der Waals surface area contributed by atoms with Gasteiger partial charge in [-0.05, 0) is 39.0 Å². The predicted molar refractivity (Wildman–Crippen MR) is 72.6 cm³/mol. The lowest BCUT2D eigenvalue weighted by atomic mass is 9.79. The van der Waals surface area contributed by atoms with E-state index in [2.05, 4.69) is 0 Å². The summed E-state index contributed by atoms with van der Waals surface area (Å²) in [6, 6.07) is 0. The Morgan fingerprint density at radius 1 is 1.16 bits per heavy atom. The minimum atomic E-state index is -0.376. The summed E-state index contributed by atoms with van der Waals surface area (Å²) in [7, 11) is 0. The summed E-state index contributed by atoms with van der Waals surface area (Å²) >= 11 is 0. The molecule has 0 bridgehead atoms. The first-order valence-corrected chi connectivity index (χ1v) is 7.27. The van der Waals surface area contributed by atoms with E-state index in [0.717, 1.165) is 12.8 Å². The first kappa shape index (κ1) is 16.0. The van der Waals surface area contributed by atoms with Crippen LogP contribution in [0.1, 0.15) is 65.7 Å². The van der Waals surface area contributed by atoms with Crippen LogP contribution in [0.15, 0.2) is 0 Å². The topological polar surface area (TPSA) is 52.6 Å². The van der Waals surface area contributed by atoms with Gasteiger partial charge in [0, 0.05) is 13.3 Å². The molecule has 0 N–H and O–H groups in total. The van der Waals surface area contributed by atoms with Crippen LogP contribution >= 0.6 is 0 Å². The molecule has 1 saturated carbocycles. The standard InChI is InChI=1S/C15H26O4/c1-12(16)18-11-7-10-14(17)19-15(2,3)13-8-5-4-6-9-13/h13H,4-11H2,1-3H3. The Morgan fingerprint density at radius 2 is 1.79 bits per heavy atom. The quantitative estimate of drug-likeness (QED) is 0.549. The maximum absolute atomic E-state index is 11.8. The van der Waals surface area contributed by atoms with Crippen molar-refractivity contribution in [3.63, 3.8) is 0 Å². The van der Waals surface area contributed by atoms with Crippen molar-refractivity contribution in [1.82, 2.24) is 0 Å². The smallest absolute Gasteiger partial charge is 0.306 e. The molecule has 1 fully saturated rings. The first-order valence-electron chi connectivity index (χ1n) is 7.27. The third kappa shape index (κ3) is 6.08. The summed E-state index contributed by atoms with van der Waals surface area (Å²) in [4.78, 5) is 22.4. The van der Waals surface area contributed by atoms with Gasteiger partial charge in [-0.25, -0.2) is 0 Å². The monoisotopic (exact) mass is 270 g/mol. The van der Waals surface area contributed by atoms with E-state index in [1.54, 1.807) is 0 Å². The van der Waals surface area contributed by atoms with Crippen molar-refractivity contribution < 1.29 is 19.1 Å². The van der Waals surface area contributed by atoms with Gasteiger partial charge < -0.3 is 9.47 Å². The molecule has 0 aromatic carbocycles. The lowest BCUT2D eigenvalue weighted by Crippen LogP contribution is -2.37. The van der Waals surface area contributed by atoms with Crippen molar-refractivity contribution in [1.29, 1.82) is 0 Å². The Kier molecular flexibility index (Phi) is 6.32. The van der Waals surface area contributed by atoms with Crippen molar-refractivity contribution >= 4 is 11.9 Å². The fourth-order valence-corrected chi connectivity index (χ4v) is 2.66. The van der Waals surface area contributed by atoms with Gasteiger partial charge in [0.2, 0.25) is 0 Å². The van der Waals surface area contributed by atoms with Gasteiger partial charge in [-0.3, -0.25) is 9.59 Å². The van der Waals surface area contributed by atoms with Crippen LogP contribution in [-0.2, 0) is 19.1 Å². The third-order valence-electron chi connectivity index (χ3n) is 3.80. The van der Waals surface area contributed by atoms with Gasteiger partial charge in [-0.15, -0.1) is 0 Å². The number of rotatable bonds is 6. The molecule has 1 aliphatic carbocycles. The van der Waals surface area contributed by atoms with Crippen LogP contribution in [0, 0.1) is 5.92 Å². The number of ether oxygens (including phenoxy) is 2. The number of hydrogen-bond donors (Lipinski definition) is 0. The molecule has 0 heterocycles. The van der Waals surface area contributed by atoms with Crippen LogP contribution in [-0.4, -0.2) is 24.1 Å². The van der Waals surface area contributed by atoms with Gasteiger partial charge in [0.15, 0.2) is 0 Å². The van der Waals surface area contributed by atoms with Crippen LogP contribution in [0.5, 0.6) is 0 Å². The minimum absolute atomic E-state index is 0.192. The van der Waals surface area contributed by atoms with E-state index >= 15 is 0 Å². The molecule has 0 radical (unpaired) electrons. The average Bonchev–Trinajstić information content (AvgIpc) is 2.35. The Bertz CT molecular complexity index is 303. The van der Waals surface area contributed by atoms with E-state index in [9.17, 15) is 9.59 Å². The molecule has 0 atom stereocenters. The van der Waals surface area contributed by atoms with Crippen LogP contribution in [0.4, 0.5) is 0 Å². The Morgan fingerprint density at radius 3 is 2.37 bits per heavy atom. The summed E-state index contributed by atoms with van der Waals surface area (Å²) < 4.78 is 10.4. The van der Waals surface area contributed by atoms with Crippen LogP contribution in [0.25, 0.3) is 0 Å². The molecule has 4 heteroatoms. The zero-order chi connectivity index (χ0) is 14.3. The zero-order valence-electron chi connectivity index (χ0n) is 12.4. The lowest BCUT2D eigenvalue weighted by molar-refractivity contribution is -0.164. The molecule has 1 aliphatic rings. The molecule has 0 aliphatic heterocycles. The summed E-state index contributed by atoms with van der Waals surface area (Å²) in [5.74, 6) is -0.0303. The molecule has 0 saturated heterocycles. The van der Waals surface area contributed by atoms with Crippen molar-refractivity contribution in [2.75, 3.05) is 6.61 Å². The molecule has 0 aromatic rings. The Hall–Kier alpha value is -1.06. The number of esters is 2. The highest BCUT2D eigenvalue weighted by molar-refractivity contribution is 5.70. The molecular weight excluding hydrogens is 244 g/mol. The maximum atomic E-state index is 11.8. The second kappa shape index (κ2) is 7.51. The first-order chi connectivity index (χ1) is 8.92. The minimum Gasteiger partial charge on any atom is -0.466 e. The van der Waals surface area contributed by atoms with E-state index < -0.39 is 0 Å². The van der Waals surface area contributed by atoms with Crippen LogP contribution in [0.3, 0.4) is 0 Å². The molecule has 1 rings (SSSR count). The average molecular weight is 270 g/mol.